The summed E-state index contributed by atoms with van der Waals surface area (Å²) < 4.78 is 5.17. The Balaban J connectivity index is 1.91. The fourth-order valence-corrected chi connectivity index (χ4v) is 5.53. The number of aryl methyl sites for hydroxylation is 1. The van der Waals surface area contributed by atoms with Gasteiger partial charge in [-0.1, -0.05) is 19.1 Å². The Kier molecular flexibility index (Phi) is 5.69. The number of hydrogen-bond donors (Lipinski definition) is 2. The van der Waals surface area contributed by atoms with E-state index in [1.165, 1.54) is 11.3 Å². The molecule has 3 aliphatic carbocycles. The minimum absolute atomic E-state index is 0.0751. The normalized spacial score (nSPS) is 26.0. The number of allylic oxidation sites excluding steroid dienone is 2. The monoisotopic (exact) mass is 391 g/mol. The van der Waals surface area contributed by atoms with Crippen LogP contribution in [-0.4, -0.2) is 29.6 Å². The van der Waals surface area contributed by atoms with Crippen LogP contribution < -0.4 is 5.32 Å². The van der Waals surface area contributed by atoms with E-state index in [1.807, 2.05) is 26.0 Å². The number of nitrogens with one attached hydrogen (secondary N) is 1. The predicted octanol–water partition coefficient (Wildman–Crippen LogP) is 3.65. The first-order chi connectivity index (χ1) is 12.9. The van der Waals surface area contributed by atoms with Crippen molar-refractivity contribution in [2.45, 2.75) is 40.0 Å². The van der Waals surface area contributed by atoms with Crippen LogP contribution in [0.1, 0.15) is 47.5 Å². The summed E-state index contributed by atoms with van der Waals surface area (Å²) in [5.74, 6) is -3.22. The Morgan fingerprint density at radius 2 is 1.81 bits per heavy atom. The molecule has 146 valence electrons. The van der Waals surface area contributed by atoms with Gasteiger partial charge in [0.05, 0.1) is 24.0 Å². The molecule has 2 N–H and O–H groups in total. The molecule has 6 nitrogen and oxygen atoms in total. The molecule has 1 aromatic heterocycles. The maximum atomic E-state index is 13.1. The molecule has 1 heterocycles. The van der Waals surface area contributed by atoms with Crippen molar-refractivity contribution in [3.8, 4) is 0 Å². The molecule has 4 atom stereocenters. The highest BCUT2D eigenvalue weighted by molar-refractivity contribution is 7.16. The molecule has 4 rings (SSSR count). The molecule has 0 aliphatic heterocycles. The van der Waals surface area contributed by atoms with Gasteiger partial charge < -0.3 is 15.2 Å². The number of fused-ring (bicyclic) bond motifs is 2. The van der Waals surface area contributed by atoms with E-state index >= 15 is 0 Å². The molecular weight excluding hydrogens is 366 g/mol. The van der Waals surface area contributed by atoms with Crippen molar-refractivity contribution in [2.75, 3.05) is 11.9 Å². The maximum Gasteiger partial charge on any atom is 0.341 e. The number of anilines is 1. The van der Waals surface area contributed by atoms with E-state index in [2.05, 4.69) is 5.32 Å². The molecule has 1 fully saturated rings. The first kappa shape index (κ1) is 19.6. The number of ether oxygens (including phenoxy) is 1. The first-order valence-corrected chi connectivity index (χ1v) is 10.2. The molecular formula is C20H25NO5S. The standard InChI is InChI=1S/C20H25NO5S/c1-4-13-10(3)27-18(16(13)20(25)26-5-2)21-17(22)14-11-6-8-12(9-7-11)15(14)19(23)24/h6,8,11-12,14-15H,4-5,7,9H2,1-3H3,(H,21,22)(H,23,24)/t11-,12-,14-,15+/m0/s1. The van der Waals surface area contributed by atoms with Crippen LogP contribution in [0.4, 0.5) is 5.00 Å². The lowest BCUT2D eigenvalue weighted by Gasteiger charge is -2.41. The maximum absolute atomic E-state index is 13.1. The van der Waals surface area contributed by atoms with Crippen molar-refractivity contribution >= 4 is 34.2 Å². The second-order valence-corrected chi connectivity index (χ2v) is 8.31. The summed E-state index contributed by atoms with van der Waals surface area (Å²) in [6.07, 6.45) is 6.18. The molecule has 1 aromatic rings. The van der Waals surface area contributed by atoms with Gasteiger partial charge in [0.1, 0.15) is 5.00 Å². The number of carbonyl (C=O) groups excluding carboxylic acids is 2. The number of aliphatic carboxylic acids is 1. The van der Waals surface area contributed by atoms with Crippen molar-refractivity contribution in [3.05, 3.63) is 28.2 Å². The van der Waals surface area contributed by atoms with Crippen molar-refractivity contribution in [3.63, 3.8) is 0 Å². The Morgan fingerprint density at radius 1 is 1.19 bits per heavy atom. The summed E-state index contributed by atoms with van der Waals surface area (Å²) in [4.78, 5) is 38.2. The van der Waals surface area contributed by atoms with Crippen LogP contribution in [0.2, 0.25) is 0 Å². The van der Waals surface area contributed by atoms with E-state index in [4.69, 9.17) is 4.74 Å². The van der Waals surface area contributed by atoms with Gasteiger partial charge in [-0.25, -0.2) is 4.79 Å². The van der Waals surface area contributed by atoms with E-state index in [-0.39, 0.29) is 24.3 Å². The number of thiophene rings is 1. The largest absolute Gasteiger partial charge is 0.481 e. The number of hydrogen-bond acceptors (Lipinski definition) is 5. The van der Waals surface area contributed by atoms with Gasteiger partial charge in [0.15, 0.2) is 0 Å². The average molecular weight is 391 g/mol. The summed E-state index contributed by atoms with van der Waals surface area (Å²) in [6.45, 7) is 5.86. The molecule has 7 heteroatoms. The highest BCUT2D eigenvalue weighted by Crippen LogP contribution is 2.46. The van der Waals surface area contributed by atoms with Gasteiger partial charge in [-0.15, -0.1) is 11.3 Å². The third-order valence-electron chi connectivity index (χ3n) is 5.61. The second kappa shape index (κ2) is 7.84. The Labute approximate surface area is 162 Å². The van der Waals surface area contributed by atoms with Crippen LogP contribution in [0.25, 0.3) is 0 Å². The number of carbonyl (C=O) groups is 3. The zero-order valence-electron chi connectivity index (χ0n) is 15.8. The van der Waals surface area contributed by atoms with Gasteiger partial charge in [-0.3, -0.25) is 9.59 Å². The highest BCUT2D eigenvalue weighted by atomic mass is 32.1. The SMILES string of the molecule is CCOC(=O)c1c(NC(=O)[C@@H]2[C@H](C(=O)O)[C@H]3C=C[C@H]2CC3)sc(C)c1CC. The van der Waals surface area contributed by atoms with Crippen molar-refractivity contribution < 1.29 is 24.2 Å². The van der Waals surface area contributed by atoms with Gasteiger partial charge in [0.2, 0.25) is 5.91 Å². The summed E-state index contributed by atoms with van der Waals surface area (Å²) >= 11 is 1.34. The van der Waals surface area contributed by atoms with Crippen LogP contribution in [0.5, 0.6) is 0 Å². The Hall–Kier alpha value is -2.15. The van der Waals surface area contributed by atoms with Crippen molar-refractivity contribution in [1.82, 2.24) is 0 Å². The fraction of sp³-hybridized carbons (Fsp3) is 0.550. The summed E-state index contributed by atoms with van der Waals surface area (Å²) in [5, 5.41) is 13.0. The molecule has 0 saturated heterocycles. The molecule has 27 heavy (non-hydrogen) atoms. The molecule has 3 aliphatic rings. The minimum atomic E-state index is -0.934. The van der Waals surface area contributed by atoms with Crippen molar-refractivity contribution in [2.24, 2.45) is 23.7 Å². The number of amides is 1. The zero-order chi connectivity index (χ0) is 19.7. The van der Waals surface area contributed by atoms with E-state index in [1.54, 1.807) is 6.92 Å². The summed E-state index contributed by atoms with van der Waals surface area (Å²) in [5.41, 5.74) is 1.27. The van der Waals surface area contributed by atoms with E-state index in [0.29, 0.717) is 17.0 Å². The van der Waals surface area contributed by atoms with E-state index in [0.717, 1.165) is 23.3 Å². The second-order valence-electron chi connectivity index (χ2n) is 7.08. The molecule has 0 unspecified atom stereocenters. The van der Waals surface area contributed by atoms with Gasteiger partial charge in [-0.05, 0) is 50.5 Å². The lowest BCUT2D eigenvalue weighted by molar-refractivity contribution is -0.151. The number of rotatable bonds is 6. The van der Waals surface area contributed by atoms with Crippen LogP contribution in [-0.2, 0) is 20.7 Å². The lowest BCUT2D eigenvalue weighted by Crippen LogP contribution is -2.47. The lowest BCUT2D eigenvalue weighted by atomic mass is 9.62. The van der Waals surface area contributed by atoms with Gasteiger partial charge in [-0.2, -0.15) is 0 Å². The number of carboxylic acids is 1. The Bertz CT molecular complexity index is 797. The van der Waals surface area contributed by atoms with Gasteiger partial charge >= 0.3 is 11.9 Å². The highest BCUT2D eigenvalue weighted by Gasteiger charge is 2.48. The molecule has 1 amide bonds. The third-order valence-corrected chi connectivity index (χ3v) is 6.68. The van der Waals surface area contributed by atoms with Gasteiger partial charge in [0.25, 0.3) is 0 Å². The third kappa shape index (κ3) is 3.52. The predicted molar refractivity (Wildman–Crippen MR) is 103 cm³/mol. The number of esters is 1. The molecule has 0 aromatic carbocycles. The number of carboxylic acid groups (broad SMARTS) is 1. The average Bonchev–Trinajstić information content (AvgIpc) is 2.96. The summed E-state index contributed by atoms with van der Waals surface area (Å²) in [7, 11) is 0. The minimum Gasteiger partial charge on any atom is -0.481 e. The molecule has 0 radical (unpaired) electrons. The smallest absolute Gasteiger partial charge is 0.341 e. The van der Waals surface area contributed by atoms with Crippen molar-refractivity contribution in [1.29, 1.82) is 0 Å². The quantitative estimate of drug-likeness (QED) is 0.570. The molecule has 1 saturated carbocycles. The van der Waals surface area contributed by atoms with Crippen LogP contribution in [0.15, 0.2) is 12.2 Å². The first-order valence-electron chi connectivity index (χ1n) is 9.40. The molecule has 2 bridgehead atoms. The van der Waals surface area contributed by atoms with Gasteiger partial charge in [0, 0.05) is 4.88 Å². The van der Waals surface area contributed by atoms with Crippen LogP contribution in [0, 0.1) is 30.6 Å². The van der Waals surface area contributed by atoms with E-state index < -0.39 is 23.8 Å². The van der Waals surface area contributed by atoms with Crippen LogP contribution in [0.3, 0.4) is 0 Å². The molecule has 0 spiro atoms. The van der Waals surface area contributed by atoms with E-state index in [9.17, 15) is 19.5 Å². The zero-order valence-corrected chi connectivity index (χ0v) is 16.6. The summed E-state index contributed by atoms with van der Waals surface area (Å²) in [6, 6.07) is 0. The Morgan fingerprint density at radius 3 is 2.33 bits per heavy atom. The fourth-order valence-electron chi connectivity index (χ4n) is 4.40. The van der Waals surface area contributed by atoms with Crippen LogP contribution >= 0.6 is 11.3 Å². The topological polar surface area (TPSA) is 92.7 Å².